The van der Waals surface area contributed by atoms with Gasteiger partial charge in [0.15, 0.2) is 5.16 Å². The maximum atomic E-state index is 12.8. The molecule has 2 aromatic carbocycles. The second-order valence-corrected chi connectivity index (χ2v) is 8.69. The molecule has 0 aliphatic carbocycles. The Labute approximate surface area is 192 Å². The molecular weight excluding hydrogens is 455 g/mol. The highest BCUT2D eigenvalue weighted by Gasteiger charge is 2.30. The Morgan fingerprint density at radius 2 is 1.73 bits per heavy atom. The van der Waals surface area contributed by atoms with E-state index in [2.05, 4.69) is 20.4 Å². The Morgan fingerprint density at radius 3 is 2.36 bits per heavy atom. The molecule has 1 atom stereocenters. The van der Waals surface area contributed by atoms with Gasteiger partial charge in [0, 0.05) is 18.8 Å². The first-order valence-electron chi connectivity index (χ1n) is 10.3. The molecule has 1 saturated heterocycles. The Balaban J connectivity index is 1.52. The molecule has 0 radical (unpaired) electrons. The van der Waals surface area contributed by atoms with Crippen molar-refractivity contribution in [1.82, 2.24) is 14.8 Å². The van der Waals surface area contributed by atoms with Crippen molar-refractivity contribution in [2.24, 2.45) is 0 Å². The molecule has 33 heavy (non-hydrogen) atoms. The molecule has 1 fully saturated rings. The van der Waals surface area contributed by atoms with Gasteiger partial charge in [-0.1, -0.05) is 30.0 Å². The standard InChI is InChI=1S/C22H22F3N5O2S/c1-15(19(31)26-17-9-7-16(8-10-17)22(23,24)25)33-21-28-27-20(29-11-13-32-14-12-29)30(21)18-5-3-2-4-6-18/h2-10,15H,11-14H2,1H3,(H,26,31). The Bertz CT molecular complexity index is 1080. The fraction of sp³-hybridized carbons (Fsp3) is 0.318. The molecule has 0 spiro atoms. The SMILES string of the molecule is CC(Sc1nnc(N2CCOCC2)n1-c1ccccc1)C(=O)Nc1ccc(C(F)(F)F)cc1. The van der Waals surface area contributed by atoms with E-state index < -0.39 is 17.0 Å². The largest absolute Gasteiger partial charge is 0.416 e. The van der Waals surface area contributed by atoms with Gasteiger partial charge in [-0.2, -0.15) is 13.2 Å². The maximum absolute atomic E-state index is 12.8. The number of carbonyl (C=O) groups excluding carboxylic acids is 1. The van der Waals surface area contributed by atoms with Gasteiger partial charge < -0.3 is 15.0 Å². The summed E-state index contributed by atoms with van der Waals surface area (Å²) in [4.78, 5) is 14.8. The van der Waals surface area contributed by atoms with Crippen LogP contribution in [-0.4, -0.2) is 52.2 Å². The first-order valence-corrected chi connectivity index (χ1v) is 11.2. The van der Waals surface area contributed by atoms with Crippen LogP contribution >= 0.6 is 11.8 Å². The number of halogens is 3. The number of benzene rings is 2. The van der Waals surface area contributed by atoms with Crippen LogP contribution in [0.4, 0.5) is 24.8 Å². The number of hydrogen-bond donors (Lipinski definition) is 1. The van der Waals surface area contributed by atoms with Crippen LogP contribution < -0.4 is 10.2 Å². The molecule has 11 heteroatoms. The first-order chi connectivity index (χ1) is 15.8. The van der Waals surface area contributed by atoms with E-state index in [0.717, 1.165) is 17.8 Å². The molecule has 174 valence electrons. The maximum Gasteiger partial charge on any atom is 0.416 e. The van der Waals surface area contributed by atoms with E-state index in [9.17, 15) is 18.0 Å². The number of alkyl halides is 3. The molecule has 0 bridgehead atoms. The number of aromatic nitrogens is 3. The Kier molecular flexibility index (Phi) is 6.89. The average Bonchev–Trinajstić information content (AvgIpc) is 3.23. The molecule has 3 aromatic rings. The average molecular weight is 478 g/mol. The molecule has 1 aliphatic rings. The summed E-state index contributed by atoms with van der Waals surface area (Å²) in [6.07, 6.45) is -4.43. The number of morpholine rings is 1. The minimum atomic E-state index is -4.43. The van der Waals surface area contributed by atoms with Gasteiger partial charge in [0.1, 0.15) is 0 Å². The van der Waals surface area contributed by atoms with Gasteiger partial charge in [0.25, 0.3) is 0 Å². The Morgan fingerprint density at radius 1 is 1.06 bits per heavy atom. The number of para-hydroxylation sites is 1. The lowest BCUT2D eigenvalue weighted by Gasteiger charge is -2.28. The van der Waals surface area contributed by atoms with Crippen LogP contribution in [0.25, 0.3) is 5.69 Å². The molecule has 4 rings (SSSR count). The predicted molar refractivity (Wildman–Crippen MR) is 120 cm³/mol. The lowest BCUT2D eigenvalue weighted by Crippen LogP contribution is -2.37. The van der Waals surface area contributed by atoms with Gasteiger partial charge in [0.05, 0.1) is 29.7 Å². The van der Waals surface area contributed by atoms with Gasteiger partial charge in [-0.3, -0.25) is 9.36 Å². The highest BCUT2D eigenvalue weighted by Crippen LogP contribution is 2.31. The van der Waals surface area contributed by atoms with Crippen LogP contribution in [0.2, 0.25) is 0 Å². The van der Waals surface area contributed by atoms with Crippen molar-refractivity contribution < 1.29 is 22.7 Å². The number of thioether (sulfide) groups is 1. The number of ether oxygens (including phenoxy) is 1. The fourth-order valence-electron chi connectivity index (χ4n) is 3.31. The van der Waals surface area contributed by atoms with Crippen molar-refractivity contribution >= 4 is 29.3 Å². The van der Waals surface area contributed by atoms with Crippen molar-refractivity contribution in [3.63, 3.8) is 0 Å². The summed E-state index contributed by atoms with van der Waals surface area (Å²) < 4.78 is 45.6. The minimum Gasteiger partial charge on any atom is -0.378 e. The smallest absolute Gasteiger partial charge is 0.378 e. The zero-order valence-electron chi connectivity index (χ0n) is 17.7. The number of amides is 1. The van der Waals surface area contributed by atoms with Crippen LogP contribution in [0, 0.1) is 0 Å². The van der Waals surface area contributed by atoms with E-state index in [1.165, 1.54) is 23.9 Å². The number of nitrogens with one attached hydrogen (secondary N) is 1. The van der Waals surface area contributed by atoms with Gasteiger partial charge in [-0.15, -0.1) is 10.2 Å². The third-order valence-electron chi connectivity index (χ3n) is 5.06. The van der Waals surface area contributed by atoms with E-state index >= 15 is 0 Å². The zero-order valence-corrected chi connectivity index (χ0v) is 18.6. The first kappa shape index (κ1) is 23.1. The normalized spacial score (nSPS) is 15.3. The van der Waals surface area contributed by atoms with Crippen LogP contribution in [-0.2, 0) is 15.7 Å². The molecule has 1 aliphatic heterocycles. The van der Waals surface area contributed by atoms with Gasteiger partial charge in [-0.05, 0) is 43.3 Å². The van der Waals surface area contributed by atoms with E-state index in [1.54, 1.807) is 6.92 Å². The number of nitrogens with zero attached hydrogens (tertiary/aromatic N) is 4. The predicted octanol–water partition coefficient (Wildman–Crippen LogP) is 4.24. The number of hydrogen-bond acceptors (Lipinski definition) is 6. The van der Waals surface area contributed by atoms with Crippen molar-refractivity contribution in [3.05, 3.63) is 60.2 Å². The summed E-state index contributed by atoms with van der Waals surface area (Å²) >= 11 is 1.22. The third kappa shape index (κ3) is 5.48. The third-order valence-corrected chi connectivity index (χ3v) is 6.10. The summed E-state index contributed by atoms with van der Waals surface area (Å²) in [6, 6.07) is 14.0. The fourth-order valence-corrected chi connectivity index (χ4v) is 4.17. The van der Waals surface area contributed by atoms with Crippen LogP contribution in [0.1, 0.15) is 12.5 Å². The monoisotopic (exact) mass is 477 g/mol. The van der Waals surface area contributed by atoms with Crippen LogP contribution in [0.15, 0.2) is 59.8 Å². The van der Waals surface area contributed by atoms with Gasteiger partial charge in [0.2, 0.25) is 11.9 Å². The van der Waals surface area contributed by atoms with Gasteiger partial charge >= 0.3 is 6.18 Å². The number of anilines is 2. The summed E-state index contributed by atoms with van der Waals surface area (Å²) in [5.41, 5.74) is 0.385. The minimum absolute atomic E-state index is 0.291. The topological polar surface area (TPSA) is 72.3 Å². The highest BCUT2D eigenvalue weighted by molar-refractivity contribution is 8.00. The lowest BCUT2D eigenvalue weighted by atomic mass is 10.2. The lowest BCUT2D eigenvalue weighted by molar-refractivity contribution is -0.137. The van der Waals surface area contributed by atoms with Crippen molar-refractivity contribution in [2.75, 3.05) is 36.5 Å². The molecule has 2 heterocycles. The second kappa shape index (κ2) is 9.84. The molecule has 1 aromatic heterocycles. The number of rotatable bonds is 6. The van der Waals surface area contributed by atoms with Crippen LogP contribution in [0.3, 0.4) is 0 Å². The van der Waals surface area contributed by atoms with E-state index in [0.29, 0.717) is 43.1 Å². The van der Waals surface area contributed by atoms with Crippen molar-refractivity contribution in [2.45, 2.75) is 23.5 Å². The summed E-state index contributed by atoms with van der Waals surface area (Å²) in [5, 5.41) is 11.3. The molecular formula is C22H22F3N5O2S. The zero-order chi connectivity index (χ0) is 23.4. The molecule has 1 N–H and O–H groups in total. The van der Waals surface area contributed by atoms with Crippen molar-refractivity contribution in [1.29, 1.82) is 0 Å². The molecule has 1 unspecified atom stereocenters. The quantitative estimate of drug-likeness (QED) is 0.536. The molecule has 0 saturated carbocycles. The Hall–Kier alpha value is -3.05. The van der Waals surface area contributed by atoms with E-state index in [-0.39, 0.29) is 5.91 Å². The summed E-state index contributed by atoms with van der Waals surface area (Å²) in [6.45, 7) is 4.26. The summed E-state index contributed by atoms with van der Waals surface area (Å²) in [5.74, 6) is 0.317. The van der Waals surface area contributed by atoms with Gasteiger partial charge in [-0.25, -0.2) is 0 Å². The van der Waals surface area contributed by atoms with E-state index in [1.807, 2.05) is 34.9 Å². The molecule has 1 amide bonds. The van der Waals surface area contributed by atoms with E-state index in [4.69, 9.17) is 4.74 Å². The summed E-state index contributed by atoms with van der Waals surface area (Å²) in [7, 11) is 0. The second-order valence-electron chi connectivity index (χ2n) is 7.38. The molecule has 7 nitrogen and oxygen atoms in total. The highest BCUT2D eigenvalue weighted by atomic mass is 32.2. The van der Waals surface area contributed by atoms with Crippen molar-refractivity contribution in [3.8, 4) is 5.69 Å². The van der Waals surface area contributed by atoms with Crippen LogP contribution in [0.5, 0.6) is 0 Å². The number of carbonyl (C=O) groups is 1.